The van der Waals surface area contributed by atoms with E-state index >= 15 is 0 Å². The number of nitrogen functional groups attached to an aromatic ring is 1. The van der Waals surface area contributed by atoms with Gasteiger partial charge in [0, 0.05) is 545 Å². The molecule has 27 heteroatoms. The lowest BCUT2D eigenvalue weighted by Crippen LogP contribution is -2.35. The van der Waals surface area contributed by atoms with Gasteiger partial charge in [-0.3, -0.25) is 49.7 Å². The molecule has 25 nitrogen and oxygen atoms in total. The molecule has 0 bridgehead atoms. The highest BCUT2D eigenvalue weighted by Gasteiger charge is 2.36. The summed E-state index contributed by atoms with van der Waals surface area (Å²) in [5.41, 5.74) is 2.03. The molecule has 3 heterocycles. The number of nitrogens with two attached hydrogens (primary N) is 1. The van der Waals surface area contributed by atoms with Crippen molar-refractivity contribution >= 4 is 81.8 Å². The zero-order valence-electron chi connectivity index (χ0n) is 380. The predicted octanol–water partition coefficient (Wildman–Crippen LogP) is 49.8. The minimum absolute atomic E-state index is 0. The van der Waals surface area contributed by atoms with Crippen LogP contribution < -0.4 is 15.5 Å². The van der Waals surface area contributed by atoms with E-state index in [1.807, 2.05) is 0 Å². The number of hydrogen-bond donors (Lipinski definition) is 1. The number of nitrogens with zero attached hydrogens (tertiary/aromatic N) is 10. The molecule has 3 rings (SSSR count). The monoisotopic (exact) mass is 1630 g/mol. The molecule has 0 saturated heterocycles. The number of ether oxygens (including phenoxy) is 4. The summed E-state index contributed by atoms with van der Waals surface area (Å²) in [6, 6.07) is 7.14. The third-order valence-electron chi connectivity index (χ3n) is 6.70. The largest absolute Gasteiger partial charge is 0.465 e. The van der Waals surface area contributed by atoms with E-state index in [0.29, 0.717) is 6.61 Å². The lowest BCUT2D eigenvalue weighted by atomic mass is 10.00. The molecule has 0 aliphatic rings. The Bertz CT molecular complexity index is 2490. The summed E-state index contributed by atoms with van der Waals surface area (Å²) in [6.45, 7) is 13.6. The smallest absolute Gasteiger partial charge is 0.415 e. The Morgan fingerprint density at radius 3 is 1.53 bits per heavy atom. The second-order valence-electron chi connectivity index (χ2n) is 13.9. The third kappa shape index (κ3) is 18.6. The van der Waals surface area contributed by atoms with Crippen molar-refractivity contribution in [3.8, 4) is 12.1 Å². The first-order valence-electron chi connectivity index (χ1n) is 190. The Balaban J connectivity index is -0.00000000798. The molecule has 3 aromatic rings. The molecule has 0 fully saturated rings. The Morgan fingerprint density at radius 2 is 1.17 bits per heavy atom. The molecule has 0 spiro atoms. The minimum Gasteiger partial charge on any atom is -0.465 e. The van der Waals surface area contributed by atoms with E-state index in [1.165, 1.54) is 50.9 Å². The van der Waals surface area contributed by atoms with E-state index in [-0.39, 0.29) is 53.2 Å². The first kappa shape index (κ1) is 3.36. The lowest BCUT2D eigenvalue weighted by molar-refractivity contribution is -0.385. The molecule has 2 N–H and O–H groups in total. The molecule has 0 aliphatic carbocycles. The van der Waals surface area contributed by atoms with Gasteiger partial charge >= 0.3 is 41.2 Å². The van der Waals surface area contributed by atoms with E-state index < -0.39 is 67.4 Å². The molecule has 2 amide bonds. The lowest BCUT2D eigenvalue weighted by Gasteiger charge is -2.24. The molecular formula is C37H391Cl2N11O14. The standard InChI is InChI=1S/C16H20N4O6.C11H14ClN3O4.C5H4ClN3O2.C5H7NO2.173H2/c1-6-25-14(21)11(9-17)10-7-8-18-13(12(10)20(23)24)19(5)15(22)26-16(2,3)4;1-11(2,3)19-10(16)14(4)9-8(15(17)18)7(12)5-6-13-9;6-3-1-2-8-5(7)4(3)9(10)11;1-2-8-5(7)3-4-6;;;;;;;;;;;;;;;;;;;;;;;;;;;;;;;;;;;;;;;;;;;;;;;;;;;;;;;;;;;;;;;;;;;;;;;;;;;;;;;;;;;;;;;;;;;;;;;;;;;;;;;;;;;;;;;;;;;;;;;;;;;;;;;;;;;;;;;;;;;;;;;;;;;;;;;;;;;;;;;;;;;;;;;;;;;;;/h7-8,11H,6H2,1-5H3;5-6H,1-4H3;1-2H,(H2,7,8);2-3H2,1H3;173*1H/i;;;;172*1+1D;1+1. The highest BCUT2D eigenvalue weighted by atomic mass is 35.5. The summed E-state index contributed by atoms with van der Waals surface area (Å²) in [4.78, 5) is 89.8. The number of amides is 2. The predicted molar refractivity (Wildman–Crippen MR) is 594 cm³/mol. The summed E-state index contributed by atoms with van der Waals surface area (Å²) < 4.78 is 1740. The van der Waals surface area contributed by atoms with Crippen molar-refractivity contribution < 1.29 is 565 Å². The number of hydrogen-bond acceptors (Lipinski definition) is 20. The number of esters is 2. The van der Waals surface area contributed by atoms with Crippen LogP contribution in [0, 0.1) is 53.0 Å². The van der Waals surface area contributed by atoms with Crippen LogP contribution in [-0.4, -0.2) is 92.4 Å². The van der Waals surface area contributed by atoms with Gasteiger partial charge in [-0.05, 0) is 73.6 Å². The van der Waals surface area contributed by atoms with Crippen molar-refractivity contribution in [2.45, 2.75) is 78.9 Å². The summed E-state index contributed by atoms with van der Waals surface area (Å²) in [6.07, 6.45) is 2.01. The number of aromatic nitrogens is 3. The summed E-state index contributed by atoms with van der Waals surface area (Å²) in [7, 11) is 2.58. The quantitative estimate of drug-likeness (QED) is 0.0852. The Labute approximate surface area is 908 Å². The van der Waals surface area contributed by atoms with Gasteiger partial charge in [-0.2, -0.15) is 10.5 Å². The Hall–Kier alpha value is -7.51. The molecule has 692 valence electrons. The van der Waals surface area contributed by atoms with Gasteiger partial charge in [0.25, 0.3) is 0 Å². The van der Waals surface area contributed by atoms with Crippen LogP contribution in [0.15, 0.2) is 36.8 Å². The fraction of sp³-hybridized carbons (Fsp3) is 0.432. The van der Waals surface area contributed by atoms with Crippen LogP contribution in [-0.2, 0) is 28.5 Å². The molecule has 0 saturated carbocycles. The number of nitriles is 2. The second-order valence-corrected chi connectivity index (χ2v) is 14.7. The van der Waals surface area contributed by atoms with E-state index in [0.717, 1.165) is 9.80 Å². The molecular weight excluding hydrogens is 893 g/mol. The summed E-state index contributed by atoms with van der Waals surface area (Å²) >= 11 is 11.2. The van der Waals surface area contributed by atoms with Crippen LogP contribution in [0.3, 0.4) is 0 Å². The van der Waals surface area contributed by atoms with Crippen LogP contribution in [0.2, 0.25) is 10.0 Å². The maximum absolute atomic E-state index is 12.2. The molecule has 3 aromatic heterocycles. The number of pyridine rings is 3. The van der Waals surface area contributed by atoms with Gasteiger partial charge in [0.2, 0.25) is 17.5 Å². The molecule has 64 heavy (non-hydrogen) atoms. The number of nitro groups is 3. The van der Waals surface area contributed by atoms with Gasteiger partial charge in [-0.25, -0.2) is 24.5 Å². The fourth-order valence-corrected chi connectivity index (χ4v) is 4.60. The fourth-order valence-electron chi connectivity index (χ4n) is 4.17. The molecule has 1 unspecified atom stereocenters. The zero-order valence-corrected chi connectivity index (χ0v) is 37.7. The van der Waals surface area contributed by atoms with Crippen LogP contribution in [0.1, 0.15) is 585 Å². The minimum atomic E-state index is -1.52. The van der Waals surface area contributed by atoms with Crippen molar-refractivity contribution in [1.82, 2.24) is 15.0 Å². The third-order valence-corrected chi connectivity index (χ3v) is 7.31. The molecule has 0 radical (unpaired) electrons. The normalized spacial score (nSPS) is 32.2. The topological polar surface area (TPSA) is 353 Å². The second kappa shape index (κ2) is 26.1. The van der Waals surface area contributed by atoms with E-state index in [1.54, 1.807) is 67.5 Å². The summed E-state index contributed by atoms with van der Waals surface area (Å²) in [5, 5.41) is 49.9. The van der Waals surface area contributed by atoms with Gasteiger partial charge < -0.3 is 24.7 Å². The van der Waals surface area contributed by atoms with Crippen molar-refractivity contribution in [3.63, 3.8) is 0 Å². The maximum atomic E-state index is 12.2. The van der Waals surface area contributed by atoms with Crippen molar-refractivity contribution in [2.75, 3.05) is 42.8 Å². The van der Waals surface area contributed by atoms with Crippen molar-refractivity contribution in [1.29, 1.82) is 10.5 Å². The number of rotatable bonds is 10. The molecule has 0 aliphatic heterocycles. The van der Waals surface area contributed by atoms with E-state index in [9.17, 15) is 54.8 Å². The first-order valence-corrected chi connectivity index (χ1v) is 18.8. The number of carbonyl (C=O) groups excluding carboxylic acids is 4. The highest BCUT2D eigenvalue weighted by molar-refractivity contribution is 6.33. The van der Waals surface area contributed by atoms with Gasteiger partial charge in [0.1, 0.15) is 27.7 Å². The van der Waals surface area contributed by atoms with Crippen molar-refractivity contribution in [2.24, 2.45) is 0 Å². The molecule has 0 aromatic carbocycles. The van der Waals surface area contributed by atoms with Crippen molar-refractivity contribution in [3.05, 3.63) is 82.7 Å². The average molecular weight is 1630 g/mol. The zero-order chi connectivity index (χ0) is 394. The maximum Gasteiger partial charge on any atom is 0.415 e. The highest BCUT2D eigenvalue weighted by Crippen LogP contribution is 2.35. The van der Waals surface area contributed by atoms with Crippen LogP contribution in [0.4, 0.5) is 44.1 Å². The number of carbonyl (C=O) groups is 4. The van der Waals surface area contributed by atoms with E-state index in [4.69, 9.17) is 559 Å². The van der Waals surface area contributed by atoms with Crippen LogP contribution in [0.5, 0.6) is 0 Å². The Morgan fingerprint density at radius 1 is 0.766 bits per heavy atom. The van der Waals surface area contributed by atoms with E-state index in [2.05, 4.69) is 19.7 Å². The molecule has 1 atom stereocenters. The summed E-state index contributed by atoms with van der Waals surface area (Å²) in [5.74, 6) is -3.56. The Kier molecular flexibility index (Phi) is 1.37. The van der Waals surface area contributed by atoms with Gasteiger partial charge in [-0.1, -0.05) is 23.2 Å². The first-order chi connectivity index (χ1) is 202. The van der Waals surface area contributed by atoms with Gasteiger partial charge in [0.15, 0.2) is 5.92 Å². The average Bonchev–Trinajstić information content (AvgIpc) is 0.783. The van der Waals surface area contributed by atoms with Gasteiger partial charge in [0.05, 0.1) is 45.7 Å². The SMILES string of the molecule is CCOC(=O)C(C#N)c1ccnc(N(C)C(=O)OC(C)(C)C)c1[N+](=O)[O-].CCOC(=O)CC#N.CN(C(=O)OC(C)(C)C)c1nccc(Cl)c1[N+](=O)[O-].Nc1nccc(Cl)c1[N+](=O)[O-].[2HH].[2H][2H].[2H][2H].[2H][2H].[2H][2H].[2H][2H].[2H][2H].[2H][2H].[2H][2H].[2H][2H].[2H][2H].[2H][2H].[2H][2H].[2H][2H].[2H][2H].[2H][2H].[2H][2H].[2H][2H].[2H][2H].[2H][2H].[2H][2H].[2H][2H].[2H][2H].[2H][2H].[2H][2H].[2H][2H].[2H][2H].[2H][2H].[2H][2H].[2H][2H].[2H][2H].[2H][2H].[2H][2H].[2H][2H].[2H][2H].[2H][2H].[2H][2H].[2H][2H].[2H][2H].[2H][2H].[2H][2H].[2H][2H].[2H][2H].[2H][2H].[2H][2H].[2H][2H].[2H][2H].[2H][2H].[2H][2H].[2H][2H].[2H][2H].[2H][2H].[2H][2H].[2H][2H].[2H][2H].[2H][2H].[2H][2H].[2H][2H].[2H][2H].[2H][2H].[2H][2H].[2H][2H].[2H][2H].[2H][2H].[2H][2H].[2H][2H].[2H][2H].[2H][2H].[2H][2H].[2H][2H].[2H][2H].[2H][2H].[2H][2H].[2H][2H].[2H][2H].[2H][2H].[2H][2H].[2H][2H].[2H][2H].[2H][2H].[2H][2H].[2H][2H].[2H][2H].[2H][2H].[2H][2H].[2H][2H].[2H][2H].[2H][2H].[2H][2H].[2H][2H].[2H][2H].[2H][2H].[2H][2H].[2H][2H].[2H][2H].[2H][2H].[2H][2H].[2H][2H].[2H][2H].[2H][2H].[2H][2H].[2H][2H].[2H][2H].[2H][2H].[2H][2H].[2H][2H].[2H][2H].[2H][2H].[2H][2H].[2H][2H].[2H][2H].[2H][2H].[2H][2H].[2H][2H].[2H][2H].[2H][2H].[2H][2H].[2H][2H].[2H][2H].[2H][2H].[2H][2H].[2H][2H].[2H][2H].[2H][2H].[2H][2H].[2H][2H].[2H][2H].[2H][2H].[2H][2H].[2H][2H].[2H][2H].[2H][2H].[2H][2H].[2H][2H].[2H][2H].[2H][2H].[2H][2H].[2H][2H].[2H][2H].[2H][2H].[2H][2H].[2H][2H].[2H][2H].[2H][2H].[2H][2H].[2H][2H].[2H][2H].[2H][2H].[2H][2H].[2H][2H].[2H][2H].[2H][2H].[2H][2H].[2H][2H].[2H][2H].[2H][2H].[2H][2H].[2H][2H].[2H][2H].[2H][2H].[2H][2H].[2H][2H].[2H][2H].[2H][2H].[2H][2H].[2H][2H].[2H][2H].[2H][2H].[2H][2H].[2H][2H].[2H][2H].[2H][2H].[2H][2H]. The van der Waals surface area contributed by atoms with Crippen LogP contribution >= 0.6 is 23.2 Å². The van der Waals surface area contributed by atoms with Gasteiger partial charge in [-0.15, -0.1) is 0 Å². The number of anilines is 3. The number of halogens is 2. The van der Waals surface area contributed by atoms with Crippen LogP contribution in [0.25, 0.3) is 0 Å².